The number of fused-ring (bicyclic) bond motifs is 6. The summed E-state index contributed by atoms with van der Waals surface area (Å²) in [6.07, 6.45) is 0. The van der Waals surface area contributed by atoms with Gasteiger partial charge in [0.2, 0.25) is 0 Å². The molecule has 0 atom stereocenters. The molecule has 0 saturated heterocycles. The third-order valence-electron chi connectivity index (χ3n) is 13.1. The molecule has 296 valence electrons. The molecule has 0 saturated carbocycles. The molecule has 0 spiro atoms. The molecule has 63 heavy (non-hydrogen) atoms. The topological polar surface area (TPSA) is 9.86 Å². The lowest BCUT2D eigenvalue weighted by Gasteiger charge is -2.35. The normalized spacial score (nSPS) is 11.8. The van der Waals surface area contributed by atoms with Gasteiger partial charge >= 0.3 is 0 Å². The Kier molecular flexibility index (Phi) is 8.87. The molecule has 12 aromatic rings. The van der Waals surface area contributed by atoms with Crippen molar-refractivity contribution in [2.75, 3.05) is 0 Å². The van der Waals surface area contributed by atoms with Crippen LogP contribution in [0.25, 0.3) is 77.2 Å². The molecule has 10 aromatic carbocycles. The summed E-state index contributed by atoms with van der Waals surface area (Å²) in [5.41, 5.74) is 11.8. The lowest BCUT2D eigenvalue weighted by atomic mass is 9.93. The number of nitrogens with zero attached hydrogens (tertiary/aromatic N) is 2. The van der Waals surface area contributed by atoms with Crippen LogP contribution in [0.3, 0.4) is 0 Å². The Morgan fingerprint density at radius 1 is 0.270 bits per heavy atom. The maximum absolute atomic E-state index is 2.99. The maximum atomic E-state index is 2.61. The predicted octanol–water partition coefficient (Wildman–Crippen LogP) is 12.6. The number of para-hydroxylation sites is 4. The highest BCUT2D eigenvalue weighted by Gasteiger charge is 2.43. The fourth-order valence-corrected chi connectivity index (χ4v) is 15.5. The van der Waals surface area contributed by atoms with E-state index in [-0.39, 0.29) is 0 Å². The van der Waals surface area contributed by atoms with Crippen molar-refractivity contribution in [3.63, 3.8) is 0 Å². The average molecular weight is 819 g/mol. The molecule has 2 nitrogen and oxygen atoms in total. The van der Waals surface area contributed by atoms with E-state index in [9.17, 15) is 0 Å². The number of hydrogen-bond donors (Lipinski definition) is 0. The molecule has 2 heterocycles. The van der Waals surface area contributed by atoms with Crippen LogP contribution in [0.15, 0.2) is 255 Å². The van der Waals surface area contributed by atoms with Crippen molar-refractivity contribution in [2.24, 2.45) is 0 Å². The molecule has 2 aromatic heterocycles. The summed E-state index contributed by atoms with van der Waals surface area (Å²) in [5, 5.41) is 10.3. The minimum Gasteiger partial charge on any atom is -0.307 e. The van der Waals surface area contributed by atoms with Gasteiger partial charge in [0.1, 0.15) is 0 Å². The van der Waals surface area contributed by atoms with Crippen molar-refractivity contribution in [1.29, 1.82) is 0 Å². The lowest BCUT2D eigenvalue weighted by molar-refractivity contribution is 1.13. The standard InChI is InChI=1S/C60H42N2Si/c1-6-23-43(24-7-1)48-35-20-40-55(58(48)44-25-8-2-9-26-44)61-53-38-18-16-33-49(53)51-36-21-41-56(59(51)61)62-54-39-19-17-34-50(54)52-37-22-42-57(60(52)62)63(45-27-10-3-11-28-45,46-29-12-4-13-30-46)47-31-14-5-15-32-47/h1-42H. The second-order valence-electron chi connectivity index (χ2n) is 16.4. The van der Waals surface area contributed by atoms with Crippen molar-refractivity contribution in [3.8, 4) is 33.6 Å². The Hall–Kier alpha value is -7.98. The molecular formula is C60H42N2Si. The Labute approximate surface area is 368 Å². The molecule has 0 unspecified atom stereocenters. The predicted molar refractivity (Wildman–Crippen MR) is 270 cm³/mol. The summed E-state index contributed by atoms with van der Waals surface area (Å²) in [6.45, 7) is 0. The van der Waals surface area contributed by atoms with Crippen molar-refractivity contribution in [1.82, 2.24) is 9.13 Å². The van der Waals surface area contributed by atoms with Crippen LogP contribution in [0.1, 0.15) is 0 Å². The van der Waals surface area contributed by atoms with E-state index in [4.69, 9.17) is 0 Å². The minimum atomic E-state index is -2.99. The first-order valence-electron chi connectivity index (χ1n) is 21.8. The monoisotopic (exact) mass is 818 g/mol. The van der Waals surface area contributed by atoms with Gasteiger partial charge in [-0.25, -0.2) is 0 Å². The van der Waals surface area contributed by atoms with Crippen LogP contribution in [-0.2, 0) is 0 Å². The van der Waals surface area contributed by atoms with E-state index in [1.54, 1.807) is 0 Å². The Bertz CT molecular complexity index is 3500. The van der Waals surface area contributed by atoms with Crippen LogP contribution in [-0.4, -0.2) is 17.2 Å². The molecule has 12 rings (SSSR count). The zero-order chi connectivity index (χ0) is 41.7. The molecule has 0 N–H and O–H groups in total. The molecule has 0 amide bonds. The van der Waals surface area contributed by atoms with E-state index < -0.39 is 8.07 Å². The van der Waals surface area contributed by atoms with Crippen molar-refractivity contribution < 1.29 is 0 Å². The van der Waals surface area contributed by atoms with Crippen molar-refractivity contribution >= 4 is 72.4 Å². The molecule has 3 heteroatoms. The highest BCUT2D eigenvalue weighted by molar-refractivity contribution is 7.20. The molecule has 0 radical (unpaired) electrons. The molecule has 0 aliphatic rings. The summed E-state index contributed by atoms with van der Waals surface area (Å²) in [6, 6.07) is 94.4. The summed E-state index contributed by atoms with van der Waals surface area (Å²) >= 11 is 0. The van der Waals surface area contributed by atoms with Gasteiger partial charge in [-0.3, -0.25) is 0 Å². The fraction of sp³-hybridized carbons (Fsp3) is 0. The fourth-order valence-electron chi connectivity index (χ4n) is 10.5. The lowest BCUT2D eigenvalue weighted by Crippen LogP contribution is -2.75. The van der Waals surface area contributed by atoms with Crippen molar-refractivity contribution in [3.05, 3.63) is 255 Å². The van der Waals surface area contributed by atoms with E-state index in [1.807, 2.05) is 0 Å². The Balaban J connectivity index is 1.27. The second kappa shape index (κ2) is 15.2. The summed E-state index contributed by atoms with van der Waals surface area (Å²) in [5.74, 6) is 0. The van der Waals surface area contributed by atoms with Gasteiger partial charge in [0, 0.05) is 27.1 Å². The van der Waals surface area contributed by atoms with E-state index in [0.29, 0.717) is 0 Å². The maximum Gasteiger partial charge on any atom is 0.181 e. The van der Waals surface area contributed by atoms with Gasteiger partial charge in [0.25, 0.3) is 0 Å². The van der Waals surface area contributed by atoms with Crippen LogP contribution in [0, 0.1) is 0 Å². The van der Waals surface area contributed by atoms with Crippen molar-refractivity contribution in [2.45, 2.75) is 0 Å². The van der Waals surface area contributed by atoms with E-state index >= 15 is 0 Å². The average Bonchev–Trinajstić information content (AvgIpc) is 3.89. The van der Waals surface area contributed by atoms with Gasteiger partial charge in [0.05, 0.1) is 33.4 Å². The molecule has 0 aliphatic carbocycles. The minimum absolute atomic E-state index is 1.14. The second-order valence-corrected chi connectivity index (χ2v) is 20.1. The van der Waals surface area contributed by atoms with Crippen LogP contribution in [0.5, 0.6) is 0 Å². The molecule has 0 bridgehead atoms. The van der Waals surface area contributed by atoms with Crippen LogP contribution in [0.2, 0.25) is 0 Å². The van der Waals surface area contributed by atoms with E-state index in [1.165, 1.54) is 86.6 Å². The van der Waals surface area contributed by atoms with E-state index in [0.717, 1.165) is 11.4 Å². The largest absolute Gasteiger partial charge is 0.307 e. The summed E-state index contributed by atoms with van der Waals surface area (Å²) in [4.78, 5) is 0. The summed E-state index contributed by atoms with van der Waals surface area (Å²) in [7, 11) is -2.99. The van der Waals surface area contributed by atoms with Gasteiger partial charge in [-0.1, -0.05) is 231 Å². The van der Waals surface area contributed by atoms with Crippen LogP contribution >= 0.6 is 0 Å². The van der Waals surface area contributed by atoms with Crippen LogP contribution < -0.4 is 20.7 Å². The highest BCUT2D eigenvalue weighted by atomic mass is 28.3. The summed E-state index contributed by atoms with van der Waals surface area (Å²) < 4.78 is 5.16. The number of aromatic nitrogens is 2. The smallest absolute Gasteiger partial charge is 0.181 e. The molecule has 0 aliphatic heterocycles. The third-order valence-corrected chi connectivity index (χ3v) is 17.9. The highest BCUT2D eigenvalue weighted by Crippen LogP contribution is 2.44. The van der Waals surface area contributed by atoms with Gasteiger partial charge in [-0.05, 0) is 61.7 Å². The SMILES string of the molecule is c1ccc(-c2cccc(-n3c4ccccc4c4cccc(-n5c6ccccc6c6cccc([Si](c7ccccc7)(c7ccccc7)c7ccccc7)c65)c43)c2-c2ccccc2)cc1. The first kappa shape index (κ1) is 36.8. The number of hydrogen-bond acceptors (Lipinski definition) is 0. The zero-order valence-electron chi connectivity index (χ0n) is 34.6. The quantitative estimate of drug-likeness (QED) is 0.107. The van der Waals surface area contributed by atoms with Gasteiger partial charge < -0.3 is 9.13 Å². The van der Waals surface area contributed by atoms with E-state index in [2.05, 4.69) is 264 Å². The van der Waals surface area contributed by atoms with Gasteiger partial charge in [-0.15, -0.1) is 0 Å². The molecular weight excluding hydrogens is 777 g/mol. The third kappa shape index (κ3) is 5.71. The first-order chi connectivity index (χ1) is 31.3. The van der Waals surface area contributed by atoms with Gasteiger partial charge in [0.15, 0.2) is 8.07 Å². The number of rotatable bonds is 8. The zero-order valence-corrected chi connectivity index (χ0v) is 35.6. The Morgan fingerprint density at radius 3 is 1.22 bits per heavy atom. The first-order valence-corrected chi connectivity index (χ1v) is 23.8. The molecule has 0 fully saturated rings. The number of benzene rings is 10. The van der Waals surface area contributed by atoms with Gasteiger partial charge in [-0.2, -0.15) is 0 Å². The Morgan fingerprint density at radius 2 is 0.667 bits per heavy atom. The van der Waals surface area contributed by atoms with Crippen LogP contribution in [0.4, 0.5) is 0 Å².